The quantitative estimate of drug-likeness (QED) is 0.357. The van der Waals surface area contributed by atoms with Gasteiger partial charge in [0.25, 0.3) is 0 Å². The lowest BCUT2D eigenvalue weighted by Crippen LogP contribution is -1.98. The molecule has 88 valence electrons. The van der Waals surface area contributed by atoms with E-state index in [1.165, 1.54) is 6.21 Å². The molecule has 0 bridgehead atoms. The first-order valence-corrected chi connectivity index (χ1v) is 5.64. The highest BCUT2D eigenvalue weighted by Crippen LogP contribution is 2.17. The summed E-state index contributed by atoms with van der Waals surface area (Å²) in [6, 6.07) is 15.5. The van der Waals surface area contributed by atoms with Crippen LogP contribution in [0.3, 0.4) is 0 Å². The molecule has 2 aromatic rings. The summed E-state index contributed by atoms with van der Waals surface area (Å²) in [6.07, 6.45) is 1.44. The minimum atomic E-state index is 0.465. The van der Waals surface area contributed by atoms with Gasteiger partial charge in [0.05, 0.1) is 11.6 Å². The van der Waals surface area contributed by atoms with Gasteiger partial charge in [0.1, 0.15) is 0 Å². The molecule has 0 unspecified atom stereocenters. The molecule has 2 rings (SSSR count). The number of benzene rings is 2. The standard InChI is InChI=1S/C14H9ClN2O/c15-13-2-1-3-14(8-13)17(18)10-12-6-4-11(9-16)5-7-12/h1-8,10H/b17-10-. The Kier molecular flexibility index (Phi) is 3.61. The Labute approximate surface area is 110 Å². The molecule has 2 aromatic carbocycles. The lowest BCUT2D eigenvalue weighted by Gasteiger charge is -2.03. The minimum Gasteiger partial charge on any atom is -0.618 e. The number of nitriles is 1. The monoisotopic (exact) mass is 256 g/mol. The van der Waals surface area contributed by atoms with Gasteiger partial charge in [-0.05, 0) is 30.3 Å². The second kappa shape index (κ2) is 5.35. The van der Waals surface area contributed by atoms with E-state index >= 15 is 0 Å². The maximum atomic E-state index is 11.9. The van der Waals surface area contributed by atoms with E-state index in [0.717, 1.165) is 10.3 Å². The van der Waals surface area contributed by atoms with Crippen LogP contribution in [0.5, 0.6) is 0 Å². The summed E-state index contributed by atoms with van der Waals surface area (Å²) in [7, 11) is 0. The molecular weight excluding hydrogens is 248 g/mol. The molecule has 0 N–H and O–H groups in total. The average Bonchev–Trinajstić information content (AvgIpc) is 2.39. The van der Waals surface area contributed by atoms with Gasteiger partial charge in [-0.25, -0.2) is 0 Å². The summed E-state index contributed by atoms with van der Waals surface area (Å²) < 4.78 is 0.743. The van der Waals surface area contributed by atoms with Crippen molar-refractivity contribution in [3.8, 4) is 6.07 Å². The SMILES string of the molecule is N#Cc1ccc(/C=[N+](\[O-])c2cccc(Cl)c2)cc1. The molecule has 0 aliphatic carbocycles. The molecule has 0 saturated heterocycles. The van der Waals surface area contributed by atoms with Crippen molar-refractivity contribution >= 4 is 23.5 Å². The number of halogens is 1. The van der Waals surface area contributed by atoms with Crippen molar-refractivity contribution in [2.24, 2.45) is 0 Å². The first kappa shape index (κ1) is 12.2. The number of rotatable bonds is 2. The fourth-order valence-electron chi connectivity index (χ4n) is 1.47. The predicted molar refractivity (Wildman–Crippen MR) is 71.1 cm³/mol. The minimum absolute atomic E-state index is 0.465. The van der Waals surface area contributed by atoms with Gasteiger partial charge in [-0.1, -0.05) is 17.7 Å². The molecule has 4 heteroatoms. The Morgan fingerprint density at radius 2 is 1.89 bits per heavy atom. The lowest BCUT2D eigenvalue weighted by atomic mass is 10.2. The van der Waals surface area contributed by atoms with Crippen LogP contribution < -0.4 is 0 Å². The molecule has 0 heterocycles. The van der Waals surface area contributed by atoms with Gasteiger partial charge < -0.3 is 5.21 Å². The van der Waals surface area contributed by atoms with Gasteiger partial charge in [0.15, 0.2) is 6.21 Å². The maximum absolute atomic E-state index is 11.9. The average molecular weight is 257 g/mol. The zero-order chi connectivity index (χ0) is 13.0. The van der Waals surface area contributed by atoms with E-state index in [0.29, 0.717) is 16.3 Å². The van der Waals surface area contributed by atoms with Gasteiger partial charge in [-0.15, -0.1) is 0 Å². The summed E-state index contributed by atoms with van der Waals surface area (Å²) >= 11 is 5.82. The van der Waals surface area contributed by atoms with Crippen LogP contribution in [0.2, 0.25) is 5.02 Å². The van der Waals surface area contributed by atoms with Crippen LogP contribution in [-0.2, 0) is 0 Å². The van der Waals surface area contributed by atoms with Crippen LogP contribution in [0, 0.1) is 16.5 Å². The molecule has 3 nitrogen and oxygen atoms in total. The van der Waals surface area contributed by atoms with Crippen LogP contribution in [-0.4, -0.2) is 11.0 Å². The molecule has 0 spiro atoms. The molecule has 0 aromatic heterocycles. The first-order valence-electron chi connectivity index (χ1n) is 5.26. The van der Waals surface area contributed by atoms with Gasteiger partial charge in [-0.2, -0.15) is 10.0 Å². The molecule has 0 radical (unpaired) electrons. The third-order valence-corrected chi connectivity index (χ3v) is 2.60. The summed E-state index contributed by atoms with van der Waals surface area (Å²) in [6.45, 7) is 0. The van der Waals surface area contributed by atoms with Crippen molar-refractivity contribution in [1.82, 2.24) is 0 Å². The molecular formula is C14H9ClN2O. The second-order valence-corrected chi connectivity index (χ2v) is 4.11. The summed E-state index contributed by atoms with van der Waals surface area (Å²) in [5, 5.41) is 21.0. The van der Waals surface area contributed by atoms with E-state index in [9.17, 15) is 5.21 Å². The van der Waals surface area contributed by atoms with Gasteiger partial charge in [-0.3, -0.25) is 0 Å². The molecule has 0 aliphatic rings. The third kappa shape index (κ3) is 2.88. The molecule has 0 fully saturated rings. The zero-order valence-corrected chi connectivity index (χ0v) is 10.1. The van der Waals surface area contributed by atoms with E-state index < -0.39 is 0 Å². The summed E-state index contributed by atoms with van der Waals surface area (Å²) in [5.74, 6) is 0. The van der Waals surface area contributed by atoms with Crippen molar-refractivity contribution in [2.75, 3.05) is 0 Å². The first-order chi connectivity index (χ1) is 8.69. The number of nitrogens with zero attached hydrogens (tertiary/aromatic N) is 2. The smallest absolute Gasteiger partial charge is 0.217 e. The van der Waals surface area contributed by atoms with Crippen LogP contribution in [0.25, 0.3) is 0 Å². The molecule has 0 atom stereocenters. The number of hydrogen-bond donors (Lipinski definition) is 0. The Balaban J connectivity index is 2.30. The van der Waals surface area contributed by atoms with E-state index in [2.05, 4.69) is 0 Å². The Hall–Kier alpha value is -2.31. The van der Waals surface area contributed by atoms with Gasteiger partial charge >= 0.3 is 0 Å². The number of hydrogen-bond acceptors (Lipinski definition) is 2. The van der Waals surface area contributed by atoms with Gasteiger partial charge in [0, 0.05) is 22.7 Å². The van der Waals surface area contributed by atoms with E-state index in [-0.39, 0.29) is 0 Å². The zero-order valence-electron chi connectivity index (χ0n) is 9.38. The highest BCUT2D eigenvalue weighted by molar-refractivity contribution is 6.30. The largest absolute Gasteiger partial charge is 0.618 e. The van der Waals surface area contributed by atoms with Crippen LogP contribution >= 0.6 is 11.6 Å². The topological polar surface area (TPSA) is 49.9 Å². The van der Waals surface area contributed by atoms with Crippen molar-refractivity contribution in [2.45, 2.75) is 0 Å². The van der Waals surface area contributed by atoms with E-state index in [4.69, 9.17) is 16.9 Å². The molecule has 0 aliphatic heterocycles. The Bertz CT molecular complexity index is 627. The molecule has 18 heavy (non-hydrogen) atoms. The van der Waals surface area contributed by atoms with Crippen LogP contribution in [0.4, 0.5) is 5.69 Å². The van der Waals surface area contributed by atoms with Crippen molar-refractivity contribution in [3.05, 3.63) is 69.9 Å². The predicted octanol–water partition coefficient (Wildman–Crippen LogP) is 3.47. The van der Waals surface area contributed by atoms with Crippen LogP contribution in [0.1, 0.15) is 11.1 Å². The fraction of sp³-hybridized carbons (Fsp3) is 0. The fourth-order valence-corrected chi connectivity index (χ4v) is 1.65. The Morgan fingerprint density at radius 3 is 2.50 bits per heavy atom. The second-order valence-electron chi connectivity index (χ2n) is 3.67. The summed E-state index contributed by atoms with van der Waals surface area (Å²) in [5.41, 5.74) is 1.75. The highest BCUT2D eigenvalue weighted by atomic mass is 35.5. The van der Waals surface area contributed by atoms with Gasteiger partial charge in [0.2, 0.25) is 5.69 Å². The normalized spacial score (nSPS) is 11.0. The molecule has 0 saturated carbocycles. The Morgan fingerprint density at radius 1 is 1.17 bits per heavy atom. The van der Waals surface area contributed by atoms with Crippen molar-refractivity contribution in [3.63, 3.8) is 0 Å². The molecule has 0 amide bonds. The summed E-state index contributed by atoms with van der Waals surface area (Å²) in [4.78, 5) is 0. The van der Waals surface area contributed by atoms with Crippen molar-refractivity contribution in [1.29, 1.82) is 5.26 Å². The van der Waals surface area contributed by atoms with E-state index in [1.54, 1.807) is 48.5 Å². The van der Waals surface area contributed by atoms with Crippen molar-refractivity contribution < 1.29 is 4.74 Å². The maximum Gasteiger partial charge on any atom is 0.217 e. The van der Waals surface area contributed by atoms with E-state index in [1.807, 2.05) is 6.07 Å². The highest BCUT2D eigenvalue weighted by Gasteiger charge is 2.02. The lowest BCUT2D eigenvalue weighted by molar-refractivity contribution is -0.354. The third-order valence-electron chi connectivity index (χ3n) is 2.37. The van der Waals surface area contributed by atoms with Crippen LogP contribution in [0.15, 0.2) is 48.5 Å².